The summed E-state index contributed by atoms with van der Waals surface area (Å²) < 4.78 is 0. The Balaban J connectivity index is 2.61. The minimum absolute atomic E-state index is 0.187. The molecule has 2 unspecified atom stereocenters. The van der Waals surface area contributed by atoms with Gasteiger partial charge in [-0.1, -0.05) is 12.8 Å². The highest BCUT2D eigenvalue weighted by atomic mass is 16.3. The molecule has 1 N–H and O–H groups in total. The van der Waals surface area contributed by atoms with Crippen molar-refractivity contribution in [3.05, 3.63) is 0 Å². The lowest BCUT2D eigenvalue weighted by Crippen LogP contribution is -2.45. The maximum absolute atomic E-state index is 12.2. The van der Waals surface area contributed by atoms with Gasteiger partial charge in [0.25, 0.3) is 0 Å². The highest BCUT2D eigenvalue weighted by molar-refractivity contribution is 5.78. The standard InChI is InChI=1S/C15H30N2O2/c1-12(2)16(4)15(19)11-17-9-7-5-6-8-14(17)10-13(3)18/h12-14,18H,5-11H2,1-4H3. The van der Waals surface area contributed by atoms with Gasteiger partial charge in [-0.05, 0) is 46.6 Å². The monoisotopic (exact) mass is 270 g/mol. The topological polar surface area (TPSA) is 43.8 Å². The molecule has 4 heteroatoms. The van der Waals surface area contributed by atoms with Crippen molar-refractivity contribution in [1.29, 1.82) is 0 Å². The van der Waals surface area contributed by atoms with Crippen LogP contribution in [0.5, 0.6) is 0 Å². The first-order valence-electron chi connectivity index (χ1n) is 7.59. The zero-order valence-electron chi connectivity index (χ0n) is 12.9. The number of aliphatic hydroxyl groups excluding tert-OH is 1. The maximum atomic E-state index is 12.2. The quantitative estimate of drug-likeness (QED) is 0.829. The first-order valence-corrected chi connectivity index (χ1v) is 7.59. The molecular formula is C15H30N2O2. The molecule has 0 aromatic heterocycles. The molecule has 1 amide bonds. The van der Waals surface area contributed by atoms with Crippen LogP contribution in [-0.4, -0.2) is 59.1 Å². The van der Waals surface area contributed by atoms with Crippen LogP contribution in [0.4, 0.5) is 0 Å². The molecule has 0 aliphatic carbocycles. The molecule has 1 fully saturated rings. The molecule has 1 aliphatic rings. The SMILES string of the molecule is CC(O)CC1CCCCCN1CC(=O)N(C)C(C)C. The Labute approximate surface area is 117 Å². The second-order valence-electron chi connectivity index (χ2n) is 6.16. The summed E-state index contributed by atoms with van der Waals surface area (Å²) in [6.45, 7) is 7.38. The Hall–Kier alpha value is -0.610. The van der Waals surface area contributed by atoms with E-state index in [1.54, 1.807) is 0 Å². The van der Waals surface area contributed by atoms with E-state index in [2.05, 4.69) is 4.90 Å². The van der Waals surface area contributed by atoms with E-state index in [4.69, 9.17) is 0 Å². The fraction of sp³-hybridized carbons (Fsp3) is 0.933. The number of carbonyl (C=O) groups is 1. The van der Waals surface area contributed by atoms with Gasteiger partial charge in [0.05, 0.1) is 12.6 Å². The number of likely N-dealkylation sites (tertiary alicyclic amines) is 1. The summed E-state index contributed by atoms with van der Waals surface area (Å²) in [5, 5.41) is 9.62. The smallest absolute Gasteiger partial charge is 0.236 e. The van der Waals surface area contributed by atoms with E-state index in [0.29, 0.717) is 12.6 Å². The van der Waals surface area contributed by atoms with E-state index in [-0.39, 0.29) is 18.1 Å². The van der Waals surface area contributed by atoms with Crippen LogP contribution in [0, 0.1) is 0 Å². The number of nitrogens with zero attached hydrogens (tertiary/aromatic N) is 2. The fourth-order valence-corrected chi connectivity index (χ4v) is 2.68. The van der Waals surface area contributed by atoms with Crippen molar-refractivity contribution in [3.63, 3.8) is 0 Å². The zero-order chi connectivity index (χ0) is 14.4. The Kier molecular flexibility index (Phi) is 6.80. The number of likely N-dealkylation sites (N-methyl/N-ethyl adjacent to an activating group) is 1. The van der Waals surface area contributed by atoms with Gasteiger partial charge in [0.2, 0.25) is 5.91 Å². The van der Waals surface area contributed by atoms with Crippen molar-refractivity contribution >= 4 is 5.91 Å². The van der Waals surface area contributed by atoms with Crippen molar-refractivity contribution in [2.24, 2.45) is 0 Å². The van der Waals surface area contributed by atoms with Crippen molar-refractivity contribution in [2.75, 3.05) is 20.1 Å². The Bertz CT molecular complexity index is 279. The van der Waals surface area contributed by atoms with Gasteiger partial charge in [0.15, 0.2) is 0 Å². The predicted octanol–water partition coefficient (Wildman–Crippen LogP) is 1.87. The van der Waals surface area contributed by atoms with Crippen LogP contribution in [0.15, 0.2) is 0 Å². The predicted molar refractivity (Wildman–Crippen MR) is 78.0 cm³/mol. The van der Waals surface area contributed by atoms with Gasteiger partial charge in [-0.25, -0.2) is 0 Å². The van der Waals surface area contributed by atoms with Crippen LogP contribution in [-0.2, 0) is 4.79 Å². The number of rotatable bonds is 5. The lowest BCUT2D eigenvalue weighted by atomic mass is 10.0. The zero-order valence-corrected chi connectivity index (χ0v) is 12.9. The summed E-state index contributed by atoms with van der Waals surface area (Å²) in [7, 11) is 1.87. The van der Waals surface area contributed by atoms with E-state index in [1.165, 1.54) is 12.8 Å². The van der Waals surface area contributed by atoms with Crippen LogP contribution in [0.25, 0.3) is 0 Å². The van der Waals surface area contributed by atoms with Crippen LogP contribution in [0.1, 0.15) is 52.9 Å². The van der Waals surface area contributed by atoms with Gasteiger partial charge in [-0.15, -0.1) is 0 Å². The van der Waals surface area contributed by atoms with Gasteiger partial charge < -0.3 is 10.0 Å². The van der Waals surface area contributed by atoms with Crippen LogP contribution >= 0.6 is 0 Å². The molecule has 0 spiro atoms. The average molecular weight is 270 g/mol. The van der Waals surface area contributed by atoms with Gasteiger partial charge >= 0.3 is 0 Å². The summed E-state index contributed by atoms with van der Waals surface area (Å²) in [5.74, 6) is 0.187. The number of aliphatic hydroxyl groups is 1. The van der Waals surface area contributed by atoms with Gasteiger partial charge in [0, 0.05) is 19.1 Å². The molecule has 1 heterocycles. The van der Waals surface area contributed by atoms with Crippen LogP contribution in [0.2, 0.25) is 0 Å². The molecule has 4 nitrogen and oxygen atoms in total. The average Bonchev–Trinajstić information content (AvgIpc) is 2.53. The fourth-order valence-electron chi connectivity index (χ4n) is 2.68. The molecule has 0 radical (unpaired) electrons. The second kappa shape index (κ2) is 7.85. The molecule has 1 aliphatic heterocycles. The molecule has 112 valence electrons. The molecule has 0 aromatic carbocycles. The Morgan fingerprint density at radius 2 is 2.00 bits per heavy atom. The van der Waals surface area contributed by atoms with Crippen molar-refractivity contribution in [3.8, 4) is 0 Å². The number of hydrogen-bond acceptors (Lipinski definition) is 3. The normalized spacial score (nSPS) is 23.2. The number of amides is 1. The molecule has 19 heavy (non-hydrogen) atoms. The van der Waals surface area contributed by atoms with Gasteiger partial charge in [-0.3, -0.25) is 9.69 Å². The highest BCUT2D eigenvalue weighted by Crippen LogP contribution is 2.20. The van der Waals surface area contributed by atoms with Gasteiger partial charge in [-0.2, -0.15) is 0 Å². The van der Waals surface area contributed by atoms with Crippen LogP contribution < -0.4 is 0 Å². The number of carbonyl (C=O) groups excluding carboxylic acids is 1. The molecule has 0 saturated carbocycles. The lowest BCUT2D eigenvalue weighted by Gasteiger charge is -2.32. The van der Waals surface area contributed by atoms with Gasteiger partial charge in [0.1, 0.15) is 0 Å². The molecule has 0 bridgehead atoms. The molecule has 0 aromatic rings. The summed E-state index contributed by atoms with van der Waals surface area (Å²) in [5.41, 5.74) is 0. The first-order chi connectivity index (χ1) is 8.91. The minimum atomic E-state index is -0.288. The highest BCUT2D eigenvalue weighted by Gasteiger charge is 2.25. The maximum Gasteiger partial charge on any atom is 0.236 e. The van der Waals surface area contributed by atoms with E-state index in [1.807, 2.05) is 32.7 Å². The third kappa shape index (κ3) is 5.49. The molecule has 1 rings (SSSR count). The summed E-state index contributed by atoms with van der Waals surface area (Å²) in [4.78, 5) is 16.3. The Morgan fingerprint density at radius 1 is 1.32 bits per heavy atom. The number of hydrogen-bond donors (Lipinski definition) is 1. The van der Waals surface area contributed by atoms with E-state index >= 15 is 0 Å². The summed E-state index contributed by atoms with van der Waals surface area (Å²) in [6.07, 6.45) is 5.20. The van der Waals surface area contributed by atoms with E-state index < -0.39 is 0 Å². The van der Waals surface area contributed by atoms with Crippen molar-refractivity contribution < 1.29 is 9.90 Å². The molecule has 2 atom stereocenters. The third-order valence-corrected chi connectivity index (χ3v) is 4.12. The third-order valence-electron chi connectivity index (χ3n) is 4.12. The van der Waals surface area contributed by atoms with E-state index in [0.717, 1.165) is 25.8 Å². The van der Waals surface area contributed by atoms with Crippen molar-refractivity contribution in [1.82, 2.24) is 9.80 Å². The lowest BCUT2D eigenvalue weighted by molar-refractivity contribution is -0.133. The summed E-state index contributed by atoms with van der Waals surface area (Å²) in [6, 6.07) is 0.599. The second-order valence-corrected chi connectivity index (χ2v) is 6.16. The summed E-state index contributed by atoms with van der Waals surface area (Å²) >= 11 is 0. The largest absolute Gasteiger partial charge is 0.393 e. The molecular weight excluding hydrogens is 240 g/mol. The molecule has 1 saturated heterocycles. The minimum Gasteiger partial charge on any atom is -0.393 e. The van der Waals surface area contributed by atoms with Crippen LogP contribution in [0.3, 0.4) is 0 Å². The van der Waals surface area contributed by atoms with E-state index in [9.17, 15) is 9.90 Å². The Morgan fingerprint density at radius 3 is 2.58 bits per heavy atom. The van der Waals surface area contributed by atoms with Crippen molar-refractivity contribution in [2.45, 2.75) is 71.1 Å². The first kappa shape index (κ1) is 16.4.